The summed E-state index contributed by atoms with van der Waals surface area (Å²) < 4.78 is 0.905. The second-order valence-corrected chi connectivity index (χ2v) is 6.48. The van der Waals surface area contributed by atoms with Gasteiger partial charge in [0.2, 0.25) is 5.91 Å². The van der Waals surface area contributed by atoms with Gasteiger partial charge < -0.3 is 0 Å². The van der Waals surface area contributed by atoms with Crippen molar-refractivity contribution in [1.82, 2.24) is 5.32 Å². The molecule has 0 unspecified atom stereocenters. The predicted molar refractivity (Wildman–Crippen MR) is 80.8 cm³/mol. The second-order valence-electron chi connectivity index (χ2n) is 5.62. The van der Waals surface area contributed by atoms with Crippen molar-refractivity contribution in [3.05, 3.63) is 28.2 Å². The molecule has 1 saturated heterocycles. The molecule has 5 nitrogen and oxygen atoms in total. The number of carbonyl (C=O) groups is 3. The Morgan fingerprint density at radius 3 is 2.48 bits per heavy atom. The van der Waals surface area contributed by atoms with Crippen LogP contribution in [0.15, 0.2) is 22.7 Å². The lowest BCUT2D eigenvalue weighted by molar-refractivity contribution is -0.142. The molecule has 1 aromatic rings. The number of imide groups is 2. The summed E-state index contributed by atoms with van der Waals surface area (Å²) in [6.45, 7) is 1.89. The van der Waals surface area contributed by atoms with Gasteiger partial charge in [-0.05, 0) is 43.5 Å². The number of anilines is 1. The first-order chi connectivity index (χ1) is 9.95. The van der Waals surface area contributed by atoms with Crippen LogP contribution in [0.2, 0.25) is 0 Å². The van der Waals surface area contributed by atoms with Gasteiger partial charge >= 0.3 is 6.03 Å². The van der Waals surface area contributed by atoms with Gasteiger partial charge in [-0.3, -0.25) is 14.9 Å². The normalized spacial score (nSPS) is 21.0. The number of amides is 4. The summed E-state index contributed by atoms with van der Waals surface area (Å²) in [5.41, 5.74) is 0.358. The molecule has 0 aromatic heterocycles. The van der Waals surface area contributed by atoms with Gasteiger partial charge in [-0.2, -0.15) is 0 Å². The molecule has 2 fully saturated rings. The Balaban J connectivity index is 2.04. The third-order valence-corrected chi connectivity index (χ3v) is 5.22. The third kappa shape index (κ3) is 2.09. The average Bonchev–Trinajstić information content (AvgIpc) is 2.92. The number of urea groups is 1. The first-order valence-electron chi connectivity index (χ1n) is 6.92. The molecule has 6 heteroatoms. The molecular formula is C15H15BrN2O3. The van der Waals surface area contributed by atoms with E-state index in [2.05, 4.69) is 21.2 Å². The van der Waals surface area contributed by atoms with Crippen LogP contribution >= 0.6 is 15.9 Å². The molecule has 1 spiro atoms. The van der Waals surface area contributed by atoms with E-state index in [0.29, 0.717) is 18.5 Å². The quantitative estimate of drug-likeness (QED) is 0.792. The molecule has 1 saturated carbocycles. The number of halogens is 1. The Kier molecular flexibility index (Phi) is 3.36. The molecule has 1 aliphatic carbocycles. The molecular weight excluding hydrogens is 336 g/mol. The lowest BCUT2D eigenvalue weighted by Gasteiger charge is -2.36. The number of barbiturate groups is 1. The van der Waals surface area contributed by atoms with Crippen LogP contribution in [0, 0.1) is 12.3 Å². The SMILES string of the molecule is Cc1cc(N2C(=O)NC(=O)C3(CCCC3)C2=O)ccc1Br. The van der Waals surface area contributed by atoms with Crippen molar-refractivity contribution in [2.45, 2.75) is 32.6 Å². The third-order valence-electron chi connectivity index (χ3n) is 4.33. The van der Waals surface area contributed by atoms with Crippen LogP contribution in [0.1, 0.15) is 31.2 Å². The zero-order chi connectivity index (χ0) is 15.2. The van der Waals surface area contributed by atoms with Crippen LogP contribution < -0.4 is 10.2 Å². The van der Waals surface area contributed by atoms with E-state index in [1.165, 1.54) is 0 Å². The van der Waals surface area contributed by atoms with Gasteiger partial charge in [-0.25, -0.2) is 9.69 Å². The lowest BCUT2D eigenvalue weighted by atomic mass is 9.82. The second kappa shape index (κ2) is 4.94. The maximum Gasteiger partial charge on any atom is 0.335 e. The molecule has 3 rings (SSSR count). The maximum atomic E-state index is 12.8. The van der Waals surface area contributed by atoms with Crippen LogP contribution in [-0.4, -0.2) is 17.8 Å². The summed E-state index contributed by atoms with van der Waals surface area (Å²) in [4.78, 5) is 38.2. The van der Waals surface area contributed by atoms with Gasteiger partial charge in [0.15, 0.2) is 0 Å². The van der Waals surface area contributed by atoms with Gasteiger partial charge in [-0.15, -0.1) is 0 Å². The van der Waals surface area contributed by atoms with E-state index in [-0.39, 0.29) is 0 Å². The van der Waals surface area contributed by atoms with Crippen molar-refractivity contribution in [2.75, 3.05) is 4.90 Å². The highest BCUT2D eigenvalue weighted by molar-refractivity contribution is 9.10. The topological polar surface area (TPSA) is 66.5 Å². The van der Waals surface area contributed by atoms with E-state index in [0.717, 1.165) is 27.8 Å². The Labute approximate surface area is 130 Å². The fourth-order valence-corrected chi connectivity index (χ4v) is 3.34. The molecule has 1 aromatic carbocycles. The fourth-order valence-electron chi connectivity index (χ4n) is 3.10. The van der Waals surface area contributed by atoms with Crippen molar-refractivity contribution >= 4 is 39.5 Å². The first kappa shape index (κ1) is 14.3. The van der Waals surface area contributed by atoms with Gasteiger partial charge in [0.25, 0.3) is 5.91 Å². The summed E-state index contributed by atoms with van der Waals surface area (Å²) >= 11 is 3.39. The molecule has 2 aliphatic rings. The number of rotatable bonds is 1. The molecule has 21 heavy (non-hydrogen) atoms. The first-order valence-corrected chi connectivity index (χ1v) is 7.71. The molecule has 0 atom stereocenters. The van der Waals surface area contributed by atoms with E-state index < -0.39 is 23.3 Å². The lowest BCUT2D eigenvalue weighted by Crippen LogP contribution is -2.63. The monoisotopic (exact) mass is 350 g/mol. The van der Waals surface area contributed by atoms with Crippen molar-refractivity contribution in [3.63, 3.8) is 0 Å². The molecule has 1 heterocycles. The number of hydrogen-bond acceptors (Lipinski definition) is 3. The van der Waals surface area contributed by atoms with Gasteiger partial charge in [0.1, 0.15) is 5.41 Å². The van der Waals surface area contributed by atoms with Crippen molar-refractivity contribution < 1.29 is 14.4 Å². The van der Waals surface area contributed by atoms with E-state index in [1.54, 1.807) is 18.2 Å². The average molecular weight is 351 g/mol. The van der Waals surface area contributed by atoms with E-state index >= 15 is 0 Å². The smallest absolute Gasteiger partial charge is 0.276 e. The summed E-state index contributed by atoms with van der Waals surface area (Å²) in [7, 11) is 0. The molecule has 4 amide bonds. The minimum absolute atomic E-state index is 0.393. The molecule has 1 aliphatic heterocycles. The summed E-state index contributed by atoms with van der Waals surface area (Å²) in [5, 5.41) is 2.34. The summed E-state index contributed by atoms with van der Waals surface area (Å²) in [6.07, 6.45) is 2.69. The molecule has 1 N–H and O–H groups in total. The van der Waals surface area contributed by atoms with Crippen molar-refractivity contribution in [3.8, 4) is 0 Å². The largest absolute Gasteiger partial charge is 0.335 e. The van der Waals surface area contributed by atoms with E-state index in [9.17, 15) is 14.4 Å². The fraction of sp³-hybridized carbons (Fsp3) is 0.400. The van der Waals surface area contributed by atoms with Crippen LogP contribution in [0.25, 0.3) is 0 Å². The highest BCUT2D eigenvalue weighted by atomic mass is 79.9. The van der Waals surface area contributed by atoms with Crippen LogP contribution in [-0.2, 0) is 9.59 Å². The maximum absolute atomic E-state index is 12.8. The highest BCUT2D eigenvalue weighted by Gasteiger charge is 2.55. The number of nitrogens with one attached hydrogen (secondary N) is 1. The minimum atomic E-state index is -1.06. The number of carbonyl (C=O) groups excluding carboxylic acids is 3. The van der Waals surface area contributed by atoms with Crippen molar-refractivity contribution in [2.24, 2.45) is 5.41 Å². The van der Waals surface area contributed by atoms with Gasteiger partial charge in [-0.1, -0.05) is 28.8 Å². The van der Waals surface area contributed by atoms with Gasteiger partial charge in [0, 0.05) is 4.47 Å². The molecule has 0 radical (unpaired) electrons. The summed E-state index contributed by atoms with van der Waals surface area (Å²) in [6, 6.07) is 4.60. The number of aryl methyl sites for hydroxylation is 1. The standard InChI is InChI=1S/C15H15BrN2O3/c1-9-8-10(4-5-11(9)16)18-13(20)15(6-2-3-7-15)12(19)17-14(18)21/h4-5,8H,2-3,6-7H2,1H3,(H,17,19,21). The summed E-state index contributed by atoms with van der Waals surface area (Å²) in [5.74, 6) is -0.837. The minimum Gasteiger partial charge on any atom is -0.276 e. The van der Waals surface area contributed by atoms with E-state index in [4.69, 9.17) is 0 Å². The Morgan fingerprint density at radius 2 is 1.86 bits per heavy atom. The zero-order valence-corrected chi connectivity index (χ0v) is 13.2. The number of benzene rings is 1. The van der Waals surface area contributed by atoms with Crippen molar-refractivity contribution in [1.29, 1.82) is 0 Å². The number of hydrogen-bond donors (Lipinski definition) is 1. The van der Waals surface area contributed by atoms with Gasteiger partial charge in [0.05, 0.1) is 5.69 Å². The number of nitrogens with zero attached hydrogens (tertiary/aromatic N) is 1. The Bertz CT molecular complexity index is 650. The highest BCUT2D eigenvalue weighted by Crippen LogP contribution is 2.43. The zero-order valence-electron chi connectivity index (χ0n) is 11.6. The molecule has 110 valence electrons. The Hall–Kier alpha value is -1.69. The van der Waals surface area contributed by atoms with Crippen LogP contribution in [0.3, 0.4) is 0 Å². The van der Waals surface area contributed by atoms with E-state index in [1.807, 2.05) is 6.92 Å². The van der Waals surface area contributed by atoms with Crippen LogP contribution in [0.4, 0.5) is 10.5 Å². The van der Waals surface area contributed by atoms with Crippen LogP contribution in [0.5, 0.6) is 0 Å². The predicted octanol–water partition coefficient (Wildman–Crippen LogP) is 2.90. The molecule has 0 bridgehead atoms. The Morgan fingerprint density at radius 1 is 1.19 bits per heavy atom.